The van der Waals surface area contributed by atoms with Gasteiger partial charge in [0, 0.05) is 5.69 Å². The third-order valence-corrected chi connectivity index (χ3v) is 2.99. The van der Waals surface area contributed by atoms with Gasteiger partial charge in [-0.25, -0.2) is 0 Å². The number of carbonyl (C=O) groups excluding carboxylic acids is 1. The largest absolute Gasteiger partial charge is 0.496 e. The standard InChI is InChI=1S/C16H17NO3/c1-11-9-15(20-3)13(10-14(11)19-2)16(18)17-12-7-5-4-6-8-12/h4-10H,1-3H3,(H,17,18). The van der Waals surface area contributed by atoms with Crippen molar-refractivity contribution in [3.63, 3.8) is 0 Å². The first kappa shape index (κ1) is 13.9. The topological polar surface area (TPSA) is 47.6 Å². The number of anilines is 1. The molecular formula is C16H17NO3. The zero-order valence-corrected chi connectivity index (χ0v) is 11.8. The van der Waals surface area contributed by atoms with E-state index in [4.69, 9.17) is 9.47 Å². The number of amides is 1. The van der Waals surface area contributed by atoms with E-state index >= 15 is 0 Å². The van der Waals surface area contributed by atoms with Crippen molar-refractivity contribution in [2.45, 2.75) is 6.92 Å². The quantitative estimate of drug-likeness (QED) is 0.928. The molecule has 1 N–H and O–H groups in total. The maximum absolute atomic E-state index is 12.3. The van der Waals surface area contributed by atoms with Crippen LogP contribution in [0.15, 0.2) is 42.5 Å². The molecule has 4 nitrogen and oxygen atoms in total. The molecule has 0 saturated heterocycles. The van der Waals surface area contributed by atoms with Crippen LogP contribution in [0.5, 0.6) is 11.5 Å². The molecule has 104 valence electrons. The minimum atomic E-state index is -0.230. The molecule has 0 radical (unpaired) electrons. The van der Waals surface area contributed by atoms with E-state index in [2.05, 4.69) is 5.32 Å². The summed E-state index contributed by atoms with van der Waals surface area (Å²) in [6, 6.07) is 12.8. The number of nitrogens with one attached hydrogen (secondary N) is 1. The molecule has 2 rings (SSSR count). The van der Waals surface area contributed by atoms with Crippen LogP contribution in [0.2, 0.25) is 0 Å². The van der Waals surface area contributed by atoms with Gasteiger partial charge in [0.2, 0.25) is 0 Å². The Hall–Kier alpha value is -2.49. The van der Waals surface area contributed by atoms with Crippen molar-refractivity contribution in [3.05, 3.63) is 53.6 Å². The lowest BCUT2D eigenvalue weighted by Gasteiger charge is -2.13. The smallest absolute Gasteiger partial charge is 0.259 e. The molecule has 0 aromatic heterocycles. The molecule has 2 aromatic rings. The summed E-state index contributed by atoms with van der Waals surface area (Å²) >= 11 is 0. The van der Waals surface area contributed by atoms with Crippen LogP contribution in [0.1, 0.15) is 15.9 Å². The lowest BCUT2D eigenvalue weighted by Crippen LogP contribution is -2.13. The summed E-state index contributed by atoms with van der Waals surface area (Å²) in [6.07, 6.45) is 0. The summed E-state index contributed by atoms with van der Waals surface area (Å²) in [5.74, 6) is 0.951. The highest BCUT2D eigenvalue weighted by Crippen LogP contribution is 2.28. The number of carbonyl (C=O) groups is 1. The van der Waals surface area contributed by atoms with Gasteiger partial charge in [-0.05, 0) is 36.8 Å². The minimum absolute atomic E-state index is 0.230. The third kappa shape index (κ3) is 2.91. The first-order valence-corrected chi connectivity index (χ1v) is 6.24. The van der Waals surface area contributed by atoms with Gasteiger partial charge >= 0.3 is 0 Å². The fraction of sp³-hybridized carbons (Fsp3) is 0.188. The Morgan fingerprint density at radius 3 is 2.25 bits per heavy atom. The molecule has 2 aromatic carbocycles. The van der Waals surface area contributed by atoms with Crippen LogP contribution in [-0.4, -0.2) is 20.1 Å². The Bertz CT molecular complexity index is 609. The number of rotatable bonds is 4. The molecule has 0 atom stereocenters. The van der Waals surface area contributed by atoms with Gasteiger partial charge in [-0.1, -0.05) is 18.2 Å². The van der Waals surface area contributed by atoms with Crippen molar-refractivity contribution in [2.24, 2.45) is 0 Å². The summed E-state index contributed by atoms with van der Waals surface area (Å²) in [5, 5.41) is 2.83. The van der Waals surface area contributed by atoms with Gasteiger partial charge in [-0.15, -0.1) is 0 Å². The zero-order chi connectivity index (χ0) is 14.5. The number of para-hydroxylation sites is 1. The van der Waals surface area contributed by atoms with Crippen LogP contribution in [0.25, 0.3) is 0 Å². The molecule has 0 aliphatic carbocycles. The highest BCUT2D eigenvalue weighted by Gasteiger charge is 2.15. The molecule has 0 spiro atoms. The maximum atomic E-state index is 12.3. The molecule has 1 amide bonds. The molecule has 20 heavy (non-hydrogen) atoms. The zero-order valence-electron chi connectivity index (χ0n) is 11.8. The van der Waals surface area contributed by atoms with Crippen molar-refractivity contribution in [3.8, 4) is 11.5 Å². The molecule has 4 heteroatoms. The monoisotopic (exact) mass is 271 g/mol. The average molecular weight is 271 g/mol. The predicted octanol–water partition coefficient (Wildman–Crippen LogP) is 3.26. The van der Waals surface area contributed by atoms with E-state index in [1.165, 1.54) is 0 Å². The van der Waals surface area contributed by atoms with Crippen LogP contribution >= 0.6 is 0 Å². The summed E-state index contributed by atoms with van der Waals surface area (Å²) < 4.78 is 10.5. The minimum Gasteiger partial charge on any atom is -0.496 e. The van der Waals surface area contributed by atoms with Gasteiger partial charge in [0.05, 0.1) is 19.8 Å². The molecule has 0 saturated carbocycles. The molecule has 0 aliphatic rings. The Labute approximate surface area is 118 Å². The molecular weight excluding hydrogens is 254 g/mol. The first-order chi connectivity index (χ1) is 9.65. The third-order valence-electron chi connectivity index (χ3n) is 2.99. The Morgan fingerprint density at radius 1 is 1.00 bits per heavy atom. The Kier molecular flexibility index (Phi) is 4.25. The van der Waals surface area contributed by atoms with Crippen molar-refractivity contribution < 1.29 is 14.3 Å². The Balaban J connectivity index is 2.33. The van der Waals surface area contributed by atoms with Crippen LogP contribution < -0.4 is 14.8 Å². The van der Waals surface area contributed by atoms with E-state index in [1.54, 1.807) is 26.4 Å². The normalized spacial score (nSPS) is 9.95. The van der Waals surface area contributed by atoms with Crippen LogP contribution in [0.4, 0.5) is 5.69 Å². The van der Waals surface area contributed by atoms with E-state index in [9.17, 15) is 4.79 Å². The van der Waals surface area contributed by atoms with Crippen molar-refractivity contribution >= 4 is 11.6 Å². The van der Waals surface area contributed by atoms with Gasteiger partial charge in [0.1, 0.15) is 11.5 Å². The number of hydrogen-bond acceptors (Lipinski definition) is 3. The summed E-state index contributed by atoms with van der Waals surface area (Å²) in [7, 11) is 3.12. The number of ether oxygens (including phenoxy) is 2. The van der Waals surface area contributed by atoms with E-state index in [0.717, 1.165) is 11.3 Å². The second-order valence-corrected chi connectivity index (χ2v) is 4.34. The summed E-state index contributed by atoms with van der Waals surface area (Å²) in [4.78, 5) is 12.3. The average Bonchev–Trinajstić information content (AvgIpc) is 2.47. The number of benzene rings is 2. The van der Waals surface area contributed by atoms with E-state index < -0.39 is 0 Å². The lowest BCUT2D eigenvalue weighted by atomic mass is 10.1. The number of aryl methyl sites for hydroxylation is 1. The van der Waals surface area contributed by atoms with E-state index in [0.29, 0.717) is 17.1 Å². The van der Waals surface area contributed by atoms with Crippen LogP contribution in [-0.2, 0) is 0 Å². The van der Waals surface area contributed by atoms with Crippen molar-refractivity contribution in [1.29, 1.82) is 0 Å². The fourth-order valence-corrected chi connectivity index (χ4v) is 1.95. The predicted molar refractivity (Wildman–Crippen MR) is 78.7 cm³/mol. The molecule has 0 aliphatic heterocycles. The molecule has 0 fully saturated rings. The second kappa shape index (κ2) is 6.10. The van der Waals surface area contributed by atoms with E-state index in [1.807, 2.05) is 37.3 Å². The SMILES string of the molecule is COc1cc(C(=O)Nc2ccccc2)c(OC)cc1C. The fourth-order valence-electron chi connectivity index (χ4n) is 1.95. The first-order valence-electron chi connectivity index (χ1n) is 6.24. The highest BCUT2D eigenvalue weighted by atomic mass is 16.5. The van der Waals surface area contributed by atoms with Gasteiger partial charge in [0.25, 0.3) is 5.91 Å². The summed E-state index contributed by atoms with van der Waals surface area (Å²) in [6.45, 7) is 1.90. The van der Waals surface area contributed by atoms with E-state index in [-0.39, 0.29) is 5.91 Å². The molecule has 0 heterocycles. The van der Waals surface area contributed by atoms with Crippen LogP contribution in [0, 0.1) is 6.92 Å². The lowest BCUT2D eigenvalue weighted by molar-refractivity contribution is 0.102. The van der Waals surface area contributed by atoms with Gasteiger partial charge in [-0.3, -0.25) is 4.79 Å². The van der Waals surface area contributed by atoms with Gasteiger partial charge in [0.15, 0.2) is 0 Å². The van der Waals surface area contributed by atoms with Crippen molar-refractivity contribution in [2.75, 3.05) is 19.5 Å². The summed E-state index contributed by atoms with van der Waals surface area (Å²) in [5.41, 5.74) is 2.10. The Morgan fingerprint density at radius 2 is 1.65 bits per heavy atom. The highest BCUT2D eigenvalue weighted by molar-refractivity contribution is 6.06. The maximum Gasteiger partial charge on any atom is 0.259 e. The second-order valence-electron chi connectivity index (χ2n) is 4.34. The van der Waals surface area contributed by atoms with Gasteiger partial charge < -0.3 is 14.8 Å². The van der Waals surface area contributed by atoms with Crippen LogP contribution in [0.3, 0.4) is 0 Å². The number of methoxy groups -OCH3 is 2. The molecule has 0 bridgehead atoms. The van der Waals surface area contributed by atoms with Crippen molar-refractivity contribution in [1.82, 2.24) is 0 Å². The molecule has 0 unspecified atom stereocenters. The number of hydrogen-bond donors (Lipinski definition) is 1. The van der Waals surface area contributed by atoms with Gasteiger partial charge in [-0.2, -0.15) is 0 Å².